The molecule has 2 atom stereocenters. The Kier molecular flexibility index (Phi) is 5.31. The van der Waals surface area contributed by atoms with Crippen molar-refractivity contribution >= 4 is 11.8 Å². The fourth-order valence-corrected chi connectivity index (χ4v) is 3.52. The molecule has 3 heteroatoms. The quantitative estimate of drug-likeness (QED) is 0.832. The molecule has 1 fully saturated rings. The molecule has 1 aliphatic rings. The van der Waals surface area contributed by atoms with Crippen molar-refractivity contribution in [3.8, 4) is 0 Å². The van der Waals surface area contributed by atoms with Crippen LogP contribution < -0.4 is 5.32 Å². The molecule has 0 aromatic heterocycles. The number of thioether (sulfide) groups is 1. The summed E-state index contributed by atoms with van der Waals surface area (Å²) in [5, 5.41) is 3.61. The van der Waals surface area contributed by atoms with E-state index in [9.17, 15) is 0 Å². The van der Waals surface area contributed by atoms with Gasteiger partial charge in [-0.3, -0.25) is 4.90 Å². The maximum atomic E-state index is 3.61. The molecule has 1 N–H and O–H groups in total. The molecule has 0 amide bonds. The van der Waals surface area contributed by atoms with E-state index in [2.05, 4.69) is 61.3 Å². The van der Waals surface area contributed by atoms with Crippen molar-refractivity contribution in [3.63, 3.8) is 0 Å². The van der Waals surface area contributed by atoms with E-state index in [1.54, 1.807) is 0 Å². The van der Waals surface area contributed by atoms with E-state index >= 15 is 0 Å². The number of hydrogen-bond donors (Lipinski definition) is 1. The van der Waals surface area contributed by atoms with Crippen molar-refractivity contribution in [2.45, 2.75) is 43.7 Å². The van der Waals surface area contributed by atoms with E-state index in [-0.39, 0.29) is 0 Å². The zero-order valence-corrected chi connectivity index (χ0v) is 13.2. The highest BCUT2D eigenvalue weighted by Gasteiger charge is 2.34. The second-order valence-corrected chi connectivity index (χ2v) is 6.91. The van der Waals surface area contributed by atoms with Crippen LogP contribution >= 0.6 is 11.8 Å². The number of piperazine rings is 1. The summed E-state index contributed by atoms with van der Waals surface area (Å²) in [6.07, 6.45) is 1.21. The first-order chi connectivity index (χ1) is 9.14. The van der Waals surface area contributed by atoms with Crippen LogP contribution in [0.1, 0.15) is 27.2 Å². The second kappa shape index (κ2) is 6.78. The zero-order valence-electron chi connectivity index (χ0n) is 12.4. The average Bonchev–Trinajstić information content (AvgIpc) is 2.44. The minimum Gasteiger partial charge on any atom is -0.311 e. The molecule has 1 aromatic carbocycles. The summed E-state index contributed by atoms with van der Waals surface area (Å²) in [4.78, 5) is 4.05. The van der Waals surface area contributed by atoms with Gasteiger partial charge in [0.2, 0.25) is 0 Å². The van der Waals surface area contributed by atoms with Gasteiger partial charge in [-0.15, -0.1) is 11.8 Å². The van der Waals surface area contributed by atoms with Gasteiger partial charge in [0.1, 0.15) is 0 Å². The Labute approximate surface area is 122 Å². The molecule has 1 aliphatic heterocycles. The third-order valence-electron chi connectivity index (χ3n) is 4.22. The first kappa shape index (κ1) is 14.9. The third kappa shape index (κ3) is 3.98. The lowest BCUT2D eigenvalue weighted by molar-refractivity contribution is 0.0593. The zero-order chi connectivity index (χ0) is 13.7. The van der Waals surface area contributed by atoms with Gasteiger partial charge >= 0.3 is 0 Å². The molecule has 2 rings (SSSR count). The molecule has 2 unspecified atom stereocenters. The fourth-order valence-electron chi connectivity index (χ4n) is 2.62. The molecule has 1 saturated heterocycles. The molecule has 0 bridgehead atoms. The summed E-state index contributed by atoms with van der Waals surface area (Å²) in [7, 11) is 0. The monoisotopic (exact) mass is 278 g/mol. The van der Waals surface area contributed by atoms with Crippen molar-refractivity contribution in [1.29, 1.82) is 0 Å². The molecule has 106 valence electrons. The minimum atomic E-state index is 0.323. The highest BCUT2D eigenvalue weighted by Crippen LogP contribution is 2.24. The predicted octanol–water partition coefficient (Wildman–Crippen LogP) is 3.24. The maximum Gasteiger partial charge on any atom is 0.0304 e. The Morgan fingerprint density at radius 3 is 2.79 bits per heavy atom. The number of hydrogen-bond acceptors (Lipinski definition) is 3. The highest BCUT2D eigenvalue weighted by atomic mass is 32.2. The summed E-state index contributed by atoms with van der Waals surface area (Å²) in [5.41, 5.74) is 0.323. The lowest BCUT2D eigenvalue weighted by Crippen LogP contribution is -2.62. The molecule has 1 heterocycles. The van der Waals surface area contributed by atoms with Gasteiger partial charge in [-0.25, -0.2) is 0 Å². The molecule has 19 heavy (non-hydrogen) atoms. The topological polar surface area (TPSA) is 15.3 Å². The second-order valence-electron chi connectivity index (χ2n) is 5.74. The Hall–Kier alpha value is -0.510. The third-order valence-corrected chi connectivity index (χ3v) is 5.22. The number of benzene rings is 1. The first-order valence-corrected chi connectivity index (χ1v) is 8.29. The highest BCUT2D eigenvalue weighted by molar-refractivity contribution is 7.99. The predicted molar refractivity (Wildman–Crippen MR) is 84.9 cm³/mol. The maximum absolute atomic E-state index is 3.61. The Balaban J connectivity index is 1.86. The lowest BCUT2D eigenvalue weighted by atomic mass is 9.92. The summed E-state index contributed by atoms with van der Waals surface area (Å²) in [6, 6.07) is 11.3. The first-order valence-electron chi connectivity index (χ1n) is 7.30. The summed E-state index contributed by atoms with van der Waals surface area (Å²) in [5.74, 6) is 1.17. The normalized spacial score (nSPS) is 28.5. The van der Waals surface area contributed by atoms with Gasteiger partial charge < -0.3 is 5.32 Å². The summed E-state index contributed by atoms with van der Waals surface area (Å²) < 4.78 is 0. The van der Waals surface area contributed by atoms with Crippen molar-refractivity contribution in [2.24, 2.45) is 0 Å². The summed E-state index contributed by atoms with van der Waals surface area (Å²) >= 11 is 1.96. The van der Waals surface area contributed by atoms with Crippen LogP contribution in [0.2, 0.25) is 0 Å². The number of nitrogens with zero attached hydrogens (tertiary/aromatic N) is 1. The van der Waals surface area contributed by atoms with Crippen LogP contribution in [0.25, 0.3) is 0 Å². The number of nitrogens with one attached hydrogen (secondary N) is 1. The smallest absolute Gasteiger partial charge is 0.0304 e. The molecule has 0 radical (unpaired) electrons. The van der Waals surface area contributed by atoms with Gasteiger partial charge in [0.25, 0.3) is 0 Å². The molecule has 0 saturated carbocycles. The number of rotatable bonds is 5. The van der Waals surface area contributed by atoms with Gasteiger partial charge in [-0.05, 0) is 32.4 Å². The standard InChI is InChI=1S/C16H26N2S/c1-4-16(3)13-17-14(2)12-18(16)10-11-19-15-8-6-5-7-9-15/h5-9,14,17H,4,10-13H2,1-3H3. The minimum absolute atomic E-state index is 0.323. The fraction of sp³-hybridized carbons (Fsp3) is 0.625. The molecular formula is C16H26N2S. The molecule has 1 aromatic rings. The van der Waals surface area contributed by atoms with Crippen molar-refractivity contribution in [2.75, 3.05) is 25.4 Å². The Morgan fingerprint density at radius 2 is 2.11 bits per heavy atom. The van der Waals surface area contributed by atoms with E-state index in [0.717, 1.165) is 6.54 Å². The van der Waals surface area contributed by atoms with Crippen LogP contribution in [0.4, 0.5) is 0 Å². The van der Waals surface area contributed by atoms with Crippen LogP contribution in [-0.4, -0.2) is 41.9 Å². The van der Waals surface area contributed by atoms with E-state index < -0.39 is 0 Å². The lowest BCUT2D eigenvalue weighted by Gasteiger charge is -2.47. The summed E-state index contributed by atoms with van der Waals surface area (Å²) in [6.45, 7) is 10.4. The van der Waals surface area contributed by atoms with Crippen LogP contribution in [0.15, 0.2) is 35.2 Å². The van der Waals surface area contributed by atoms with E-state index in [4.69, 9.17) is 0 Å². The van der Waals surface area contributed by atoms with Gasteiger partial charge in [-0.2, -0.15) is 0 Å². The van der Waals surface area contributed by atoms with E-state index in [0.29, 0.717) is 11.6 Å². The van der Waals surface area contributed by atoms with Crippen LogP contribution in [0.3, 0.4) is 0 Å². The Morgan fingerprint density at radius 1 is 1.37 bits per heavy atom. The SMILES string of the molecule is CCC1(C)CNC(C)CN1CCSc1ccccc1. The van der Waals surface area contributed by atoms with E-state index in [1.165, 1.54) is 30.2 Å². The Bertz CT molecular complexity index is 382. The van der Waals surface area contributed by atoms with Crippen LogP contribution in [-0.2, 0) is 0 Å². The molecule has 0 spiro atoms. The molecular weight excluding hydrogens is 252 g/mol. The van der Waals surface area contributed by atoms with Crippen LogP contribution in [0.5, 0.6) is 0 Å². The molecule has 2 nitrogen and oxygen atoms in total. The van der Waals surface area contributed by atoms with Gasteiger partial charge in [-0.1, -0.05) is 25.1 Å². The molecule has 0 aliphatic carbocycles. The van der Waals surface area contributed by atoms with Crippen molar-refractivity contribution in [1.82, 2.24) is 10.2 Å². The van der Waals surface area contributed by atoms with E-state index in [1.807, 2.05) is 11.8 Å². The largest absolute Gasteiger partial charge is 0.311 e. The van der Waals surface area contributed by atoms with Crippen molar-refractivity contribution in [3.05, 3.63) is 30.3 Å². The van der Waals surface area contributed by atoms with Crippen LogP contribution in [0, 0.1) is 0 Å². The van der Waals surface area contributed by atoms with Gasteiger partial charge in [0, 0.05) is 41.9 Å². The van der Waals surface area contributed by atoms with Gasteiger partial charge in [0.15, 0.2) is 0 Å². The van der Waals surface area contributed by atoms with Gasteiger partial charge in [0.05, 0.1) is 0 Å². The average molecular weight is 278 g/mol. The van der Waals surface area contributed by atoms with Crippen molar-refractivity contribution < 1.29 is 0 Å².